The molecule has 2 fully saturated rings. The van der Waals surface area contributed by atoms with Crippen LogP contribution in [0.4, 0.5) is 17.1 Å². The maximum absolute atomic E-state index is 13.7. The molecule has 0 N–H and O–H groups in total. The van der Waals surface area contributed by atoms with Crippen molar-refractivity contribution in [2.75, 3.05) is 42.5 Å². The summed E-state index contributed by atoms with van der Waals surface area (Å²) in [6.45, 7) is 3.80. The van der Waals surface area contributed by atoms with Crippen LogP contribution in [0.3, 0.4) is 0 Å². The second-order valence-electron chi connectivity index (χ2n) is 8.93. The Hall–Kier alpha value is -2.80. The van der Waals surface area contributed by atoms with Gasteiger partial charge >= 0.3 is 0 Å². The Bertz CT molecular complexity index is 1040. The second kappa shape index (κ2) is 8.62. The number of hydrogen-bond acceptors (Lipinski definition) is 5. The van der Waals surface area contributed by atoms with E-state index in [0.29, 0.717) is 24.5 Å². The van der Waals surface area contributed by atoms with E-state index in [2.05, 4.69) is 9.80 Å². The van der Waals surface area contributed by atoms with Crippen molar-refractivity contribution in [1.82, 2.24) is 4.90 Å². The van der Waals surface area contributed by atoms with Crippen LogP contribution in [-0.4, -0.2) is 54.5 Å². The number of anilines is 2. The van der Waals surface area contributed by atoms with Crippen LogP contribution in [0.1, 0.15) is 24.8 Å². The number of carbonyl (C=O) groups excluding carboxylic acids is 1. The highest BCUT2D eigenvalue weighted by atomic mass is 35.5. The Morgan fingerprint density at radius 3 is 2.59 bits per heavy atom. The molecule has 3 aliphatic rings. The van der Waals surface area contributed by atoms with Gasteiger partial charge in [0.2, 0.25) is 5.91 Å². The molecule has 0 aliphatic carbocycles. The summed E-state index contributed by atoms with van der Waals surface area (Å²) in [5.74, 6) is 0.0346. The largest absolute Gasteiger partial charge is 0.368 e. The monoisotopic (exact) mass is 454 g/mol. The van der Waals surface area contributed by atoms with E-state index in [4.69, 9.17) is 11.6 Å². The van der Waals surface area contributed by atoms with E-state index in [-0.39, 0.29) is 28.5 Å². The lowest BCUT2D eigenvalue weighted by molar-refractivity contribution is -0.384. The summed E-state index contributed by atoms with van der Waals surface area (Å²) in [5.41, 5.74) is 3.17. The zero-order valence-corrected chi connectivity index (χ0v) is 18.7. The van der Waals surface area contributed by atoms with Gasteiger partial charge in [-0.05, 0) is 55.5 Å². The molecule has 8 heteroatoms. The van der Waals surface area contributed by atoms with E-state index in [1.807, 2.05) is 35.2 Å². The summed E-state index contributed by atoms with van der Waals surface area (Å²) in [7, 11) is 0. The molecule has 3 aliphatic heterocycles. The maximum atomic E-state index is 13.7. The number of non-ortho nitro benzene ring substituents is 1. The third kappa shape index (κ3) is 3.90. The van der Waals surface area contributed by atoms with Crippen molar-refractivity contribution in [2.24, 2.45) is 5.92 Å². The number of hydrogen-bond donors (Lipinski definition) is 0. The van der Waals surface area contributed by atoms with Crippen molar-refractivity contribution in [2.45, 2.75) is 31.7 Å². The molecule has 2 aromatic rings. The molecule has 0 radical (unpaired) electrons. The van der Waals surface area contributed by atoms with Crippen molar-refractivity contribution < 1.29 is 9.72 Å². The van der Waals surface area contributed by atoms with Crippen molar-refractivity contribution >= 4 is 34.6 Å². The fraction of sp³-hybridized carbons (Fsp3) is 0.458. The summed E-state index contributed by atoms with van der Waals surface area (Å²) >= 11 is 6.14. The van der Waals surface area contributed by atoms with Gasteiger partial charge in [0, 0.05) is 67.3 Å². The SMILES string of the molecule is O=C(C1Cc2cc([N+](=O)[O-])ccc2N2CCCCC12)N1CCN(c2cccc(Cl)c2)CC1. The highest BCUT2D eigenvalue weighted by Crippen LogP contribution is 2.40. The molecule has 5 rings (SSSR count). The molecular weight excluding hydrogens is 428 g/mol. The zero-order valence-electron chi connectivity index (χ0n) is 18.0. The molecule has 3 heterocycles. The summed E-state index contributed by atoms with van der Waals surface area (Å²) in [6.07, 6.45) is 3.78. The number of rotatable bonds is 3. The average Bonchev–Trinajstić information content (AvgIpc) is 2.83. The van der Waals surface area contributed by atoms with E-state index in [0.717, 1.165) is 55.8 Å². The molecule has 2 atom stereocenters. The minimum atomic E-state index is -0.353. The first kappa shape index (κ1) is 21.1. The van der Waals surface area contributed by atoms with Gasteiger partial charge in [0.25, 0.3) is 5.69 Å². The Labute approximate surface area is 192 Å². The van der Waals surface area contributed by atoms with E-state index >= 15 is 0 Å². The van der Waals surface area contributed by atoms with Crippen LogP contribution in [0.2, 0.25) is 5.02 Å². The average molecular weight is 455 g/mol. The zero-order chi connectivity index (χ0) is 22.2. The smallest absolute Gasteiger partial charge is 0.269 e. The van der Waals surface area contributed by atoms with Gasteiger partial charge in [-0.15, -0.1) is 0 Å². The predicted molar refractivity (Wildman–Crippen MR) is 126 cm³/mol. The number of benzene rings is 2. The number of piperidine rings is 1. The fourth-order valence-corrected chi connectivity index (χ4v) is 5.71. The van der Waals surface area contributed by atoms with Crippen molar-refractivity contribution in [3.63, 3.8) is 0 Å². The number of fused-ring (bicyclic) bond motifs is 3. The number of nitrogens with zero attached hydrogens (tertiary/aromatic N) is 4. The topological polar surface area (TPSA) is 69.9 Å². The van der Waals surface area contributed by atoms with Gasteiger partial charge in [-0.3, -0.25) is 14.9 Å². The van der Waals surface area contributed by atoms with Gasteiger partial charge in [0.05, 0.1) is 10.8 Å². The molecule has 1 amide bonds. The van der Waals surface area contributed by atoms with Crippen LogP contribution in [-0.2, 0) is 11.2 Å². The highest BCUT2D eigenvalue weighted by molar-refractivity contribution is 6.30. The number of nitro groups is 1. The number of carbonyl (C=O) groups is 1. The van der Waals surface area contributed by atoms with Crippen molar-refractivity contribution in [3.8, 4) is 0 Å². The van der Waals surface area contributed by atoms with E-state index < -0.39 is 0 Å². The number of amides is 1. The minimum absolute atomic E-state index is 0.0977. The molecule has 0 aromatic heterocycles. The van der Waals surface area contributed by atoms with E-state index in [1.165, 1.54) is 0 Å². The fourth-order valence-electron chi connectivity index (χ4n) is 5.52. The van der Waals surface area contributed by atoms with Gasteiger partial charge in [-0.25, -0.2) is 0 Å². The molecule has 7 nitrogen and oxygen atoms in total. The Morgan fingerprint density at radius 2 is 1.84 bits per heavy atom. The molecule has 2 saturated heterocycles. The predicted octanol–water partition coefficient (Wildman–Crippen LogP) is 4.13. The van der Waals surface area contributed by atoms with Gasteiger partial charge < -0.3 is 14.7 Å². The number of piperazine rings is 1. The molecule has 0 saturated carbocycles. The van der Waals surface area contributed by atoms with Gasteiger partial charge in [-0.1, -0.05) is 17.7 Å². The standard InChI is InChI=1S/C24H27ClN4O3/c25-18-4-3-5-19(16-18)26-10-12-27(13-11-26)24(30)21-15-17-14-20(29(31)32)7-8-22(17)28-9-2-1-6-23(21)28/h3-5,7-8,14,16,21,23H,1-2,6,9-13,15H2. The molecule has 0 bridgehead atoms. The summed E-state index contributed by atoms with van der Waals surface area (Å²) < 4.78 is 0. The Balaban J connectivity index is 1.34. The lowest BCUT2D eigenvalue weighted by Gasteiger charge is -2.47. The highest BCUT2D eigenvalue weighted by Gasteiger charge is 2.42. The van der Waals surface area contributed by atoms with Gasteiger partial charge in [0.1, 0.15) is 0 Å². The van der Waals surface area contributed by atoms with Crippen molar-refractivity contribution in [3.05, 3.63) is 63.2 Å². The summed E-state index contributed by atoms with van der Waals surface area (Å²) in [5, 5.41) is 12.0. The van der Waals surface area contributed by atoms with E-state index in [1.54, 1.807) is 12.1 Å². The first-order chi connectivity index (χ1) is 15.5. The molecule has 2 unspecified atom stereocenters. The van der Waals surface area contributed by atoms with Crippen LogP contribution in [0.25, 0.3) is 0 Å². The quantitative estimate of drug-likeness (QED) is 0.515. The lowest BCUT2D eigenvalue weighted by Crippen LogP contribution is -2.57. The Morgan fingerprint density at radius 1 is 1.03 bits per heavy atom. The number of halogens is 1. The molecule has 168 valence electrons. The van der Waals surface area contributed by atoms with Crippen LogP contribution in [0, 0.1) is 16.0 Å². The third-order valence-electron chi connectivity index (χ3n) is 7.12. The van der Waals surface area contributed by atoms with Crippen molar-refractivity contribution in [1.29, 1.82) is 0 Å². The Kier molecular flexibility index (Phi) is 5.67. The van der Waals surface area contributed by atoms with Crippen LogP contribution >= 0.6 is 11.6 Å². The van der Waals surface area contributed by atoms with Gasteiger partial charge in [-0.2, -0.15) is 0 Å². The first-order valence-corrected chi connectivity index (χ1v) is 11.7. The molecule has 32 heavy (non-hydrogen) atoms. The van der Waals surface area contributed by atoms with Gasteiger partial charge in [0.15, 0.2) is 0 Å². The van der Waals surface area contributed by atoms with Crippen LogP contribution < -0.4 is 9.80 Å². The second-order valence-corrected chi connectivity index (χ2v) is 9.37. The normalized spacial score (nSPS) is 22.8. The lowest BCUT2D eigenvalue weighted by atomic mass is 9.80. The van der Waals surface area contributed by atoms with Crippen LogP contribution in [0.15, 0.2) is 42.5 Å². The third-order valence-corrected chi connectivity index (χ3v) is 7.35. The summed E-state index contributed by atoms with van der Waals surface area (Å²) in [4.78, 5) is 31.2. The minimum Gasteiger partial charge on any atom is -0.368 e. The number of nitro benzene ring substituents is 1. The van der Waals surface area contributed by atoms with E-state index in [9.17, 15) is 14.9 Å². The maximum Gasteiger partial charge on any atom is 0.269 e. The summed E-state index contributed by atoms with van der Waals surface area (Å²) in [6, 6.07) is 13.1. The molecule has 0 spiro atoms. The molecular formula is C24H27ClN4O3. The van der Waals surface area contributed by atoms with Crippen LogP contribution in [0.5, 0.6) is 0 Å². The first-order valence-electron chi connectivity index (χ1n) is 11.3. The molecule has 2 aromatic carbocycles.